The number of nitrogens with one attached hydrogen (secondary N) is 1. The summed E-state index contributed by atoms with van der Waals surface area (Å²) in [4.78, 5) is 25.6. The first-order valence-corrected chi connectivity index (χ1v) is 8.55. The molecule has 7 heteroatoms. The van der Waals surface area contributed by atoms with Gasteiger partial charge in [-0.2, -0.15) is 0 Å². The van der Waals surface area contributed by atoms with Crippen LogP contribution in [-0.2, 0) is 22.7 Å². The number of benzene rings is 2. The number of hydrogen-bond donors (Lipinski definition) is 1. The van der Waals surface area contributed by atoms with Gasteiger partial charge in [-0.1, -0.05) is 35.9 Å². The van der Waals surface area contributed by atoms with Crippen molar-refractivity contribution in [2.45, 2.75) is 20.0 Å². The molecular weight excluding hydrogens is 356 g/mol. The minimum Gasteiger partial charge on any atom is -0.454 e. The van der Waals surface area contributed by atoms with Crippen molar-refractivity contribution in [1.82, 2.24) is 10.2 Å². The van der Waals surface area contributed by atoms with Gasteiger partial charge in [-0.05, 0) is 29.3 Å². The molecule has 2 aromatic rings. The zero-order chi connectivity index (χ0) is 18.5. The molecule has 0 atom stereocenters. The van der Waals surface area contributed by atoms with Crippen molar-refractivity contribution >= 4 is 23.4 Å². The van der Waals surface area contributed by atoms with Crippen LogP contribution >= 0.6 is 11.6 Å². The summed E-state index contributed by atoms with van der Waals surface area (Å²) >= 11 is 6.08. The lowest BCUT2D eigenvalue weighted by Crippen LogP contribution is -2.39. The number of rotatable bonds is 6. The van der Waals surface area contributed by atoms with E-state index in [2.05, 4.69) is 5.32 Å². The molecule has 1 heterocycles. The highest BCUT2D eigenvalue weighted by molar-refractivity contribution is 6.31. The molecule has 1 N–H and O–H groups in total. The highest BCUT2D eigenvalue weighted by Crippen LogP contribution is 2.32. The van der Waals surface area contributed by atoms with Crippen LogP contribution in [0.4, 0.5) is 0 Å². The zero-order valence-electron chi connectivity index (χ0n) is 14.3. The number of nitrogens with zero attached hydrogens (tertiary/aromatic N) is 1. The molecule has 0 aliphatic carbocycles. The van der Waals surface area contributed by atoms with E-state index in [1.165, 1.54) is 11.8 Å². The van der Waals surface area contributed by atoms with Crippen molar-refractivity contribution in [1.29, 1.82) is 0 Å². The number of hydrogen-bond acceptors (Lipinski definition) is 4. The number of halogens is 1. The van der Waals surface area contributed by atoms with E-state index < -0.39 is 0 Å². The standard InChI is InChI=1S/C19H19ClN2O4/c1-13(23)22(10-14-6-7-17-18(8-14)26-12-25-17)11-19(24)21-9-15-4-2-3-5-16(15)20/h2-8H,9-12H2,1H3,(H,21,24). The zero-order valence-corrected chi connectivity index (χ0v) is 15.1. The van der Waals surface area contributed by atoms with E-state index in [0.29, 0.717) is 29.6 Å². The topological polar surface area (TPSA) is 67.9 Å². The average molecular weight is 375 g/mol. The van der Waals surface area contributed by atoms with Crippen molar-refractivity contribution in [2.75, 3.05) is 13.3 Å². The Morgan fingerprint density at radius 3 is 2.69 bits per heavy atom. The maximum atomic E-state index is 12.2. The van der Waals surface area contributed by atoms with Gasteiger partial charge in [0.05, 0.1) is 6.54 Å². The Kier molecular flexibility index (Phi) is 5.63. The summed E-state index contributed by atoms with van der Waals surface area (Å²) in [6.45, 7) is 2.22. The van der Waals surface area contributed by atoms with Crippen LogP contribution in [0.2, 0.25) is 5.02 Å². The number of fused-ring (bicyclic) bond motifs is 1. The van der Waals surface area contributed by atoms with Gasteiger partial charge >= 0.3 is 0 Å². The second-order valence-electron chi connectivity index (χ2n) is 5.93. The lowest BCUT2D eigenvalue weighted by molar-refractivity contribution is -0.135. The summed E-state index contributed by atoms with van der Waals surface area (Å²) < 4.78 is 10.6. The molecule has 0 unspecified atom stereocenters. The van der Waals surface area contributed by atoms with E-state index in [0.717, 1.165) is 11.1 Å². The lowest BCUT2D eigenvalue weighted by Gasteiger charge is -2.21. The molecule has 136 valence electrons. The normalized spacial score (nSPS) is 11.9. The number of amides is 2. The fourth-order valence-electron chi connectivity index (χ4n) is 2.60. The van der Waals surface area contributed by atoms with Gasteiger partial charge in [0, 0.05) is 25.0 Å². The lowest BCUT2D eigenvalue weighted by atomic mass is 10.2. The summed E-state index contributed by atoms with van der Waals surface area (Å²) in [5.74, 6) is 0.895. The summed E-state index contributed by atoms with van der Waals surface area (Å²) in [6.07, 6.45) is 0. The Morgan fingerprint density at radius 2 is 1.92 bits per heavy atom. The molecule has 0 saturated heterocycles. The van der Waals surface area contributed by atoms with Gasteiger partial charge in [0.1, 0.15) is 0 Å². The van der Waals surface area contributed by atoms with Gasteiger partial charge in [0.15, 0.2) is 11.5 Å². The van der Waals surface area contributed by atoms with Gasteiger partial charge in [-0.25, -0.2) is 0 Å². The Labute approximate surface area is 156 Å². The summed E-state index contributed by atoms with van der Waals surface area (Å²) in [6, 6.07) is 12.8. The first-order chi connectivity index (χ1) is 12.5. The molecule has 26 heavy (non-hydrogen) atoms. The summed E-state index contributed by atoms with van der Waals surface area (Å²) in [5.41, 5.74) is 1.69. The van der Waals surface area contributed by atoms with Gasteiger partial charge in [-0.15, -0.1) is 0 Å². The minimum absolute atomic E-state index is 0.0335. The molecule has 3 rings (SSSR count). The van der Waals surface area contributed by atoms with Crippen LogP contribution < -0.4 is 14.8 Å². The van der Waals surface area contributed by atoms with Crippen LogP contribution in [-0.4, -0.2) is 30.1 Å². The Morgan fingerprint density at radius 1 is 1.15 bits per heavy atom. The van der Waals surface area contributed by atoms with Crippen molar-refractivity contribution in [3.63, 3.8) is 0 Å². The third-order valence-electron chi connectivity index (χ3n) is 4.02. The molecule has 1 aliphatic heterocycles. The molecule has 1 aliphatic rings. The number of carbonyl (C=O) groups is 2. The fourth-order valence-corrected chi connectivity index (χ4v) is 2.81. The van der Waals surface area contributed by atoms with Crippen LogP contribution in [0.15, 0.2) is 42.5 Å². The van der Waals surface area contributed by atoms with Crippen LogP contribution in [0.1, 0.15) is 18.1 Å². The fraction of sp³-hybridized carbons (Fsp3) is 0.263. The number of ether oxygens (including phenoxy) is 2. The van der Waals surface area contributed by atoms with E-state index in [-0.39, 0.29) is 25.2 Å². The molecule has 2 aromatic carbocycles. The van der Waals surface area contributed by atoms with Gasteiger partial charge in [-0.3, -0.25) is 9.59 Å². The van der Waals surface area contributed by atoms with E-state index in [9.17, 15) is 9.59 Å². The molecule has 0 saturated carbocycles. The largest absolute Gasteiger partial charge is 0.454 e. The van der Waals surface area contributed by atoms with Crippen molar-refractivity contribution in [2.24, 2.45) is 0 Å². The summed E-state index contributed by atoms with van der Waals surface area (Å²) in [7, 11) is 0. The van der Waals surface area contributed by atoms with E-state index in [1.54, 1.807) is 12.1 Å². The Hall–Kier alpha value is -2.73. The van der Waals surface area contributed by atoms with E-state index in [1.807, 2.05) is 30.3 Å². The van der Waals surface area contributed by atoms with Crippen molar-refractivity contribution < 1.29 is 19.1 Å². The molecule has 2 amide bonds. The quantitative estimate of drug-likeness (QED) is 0.844. The molecule has 0 radical (unpaired) electrons. The monoisotopic (exact) mass is 374 g/mol. The Bertz CT molecular complexity index is 825. The smallest absolute Gasteiger partial charge is 0.239 e. The third kappa shape index (κ3) is 4.46. The van der Waals surface area contributed by atoms with Gasteiger partial charge < -0.3 is 19.7 Å². The van der Waals surface area contributed by atoms with E-state index in [4.69, 9.17) is 21.1 Å². The van der Waals surface area contributed by atoms with Crippen molar-refractivity contribution in [3.8, 4) is 11.5 Å². The van der Waals surface area contributed by atoms with Crippen LogP contribution in [0, 0.1) is 0 Å². The average Bonchev–Trinajstić information content (AvgIpc) is 3.08. The molecule has 0 fully saturated rings. The van der Waals surface area contributed by atoms with Crippen molar-refractivity contribution in [3.05, 3.63) is 58.6 Å². The van der Waals surface area contributed by atoms with Crippen LogP contribution in [0.3, 0.4) is 0 Å². The third-order valence-corrected chi connectivity index (χ3v) is 4.39. The maximum absolute atomic E-state index is 12.2. The van der Waals surface area contributed by atoms with Gasteiger partial charge in [0.25, 0.3) is 0 Å². The maximum Gasteiger partial charge on any atom is 0.239 e. The molecule has 0 spiro atoms. The molecular formula is C19H19ClN2O4. The Balaban J connectivity index is 1.58. The SMILES string of the molecule is CC(=O)N(CC(=O)NCc1ccccc1Cl)Cc1ccc2c(c1)OCO2. The molecule has 6 nitrogen and oxygen atoms in total. The molecule has 0 bridgehead atoms. The highest BCUT2D eigenvalue weighted by Gasteiger charge is 2.17. The minimum atomic E-state index is -0.249. The van der Waals surface area contributed by atoms with Gasteiger partial charge in [0.2, 0.25) is 18.6 Å². The second kappa shape index (κ2) is 8.10. The predicted molar refractivity (Wildman–Crippen MR) is 97.0 cm³/mol. The summed E-state index contributed by atoms with van der Waals surface area (Å²) in [5, 5.41) is 3.38. The first-order valence-electron chi connectivity index (χ1n) is 8.17. The van der Waals surface area contributed by atoms with Crippen LogP contribution in [0.25, 0.3) is 0 Å². The number of carbonyl (C=O) groups excluding carboxylic acids is 2. The van der Waals surface area contributed by atoms with E-state index >= 15 is 0 Å². The highest BCUT2D eigenvalue weighted by atomic mass is 35.5. The second-order valence-corrected chi connectivity index (χ2v) is 6.34. The molecule has 0 aromatic heterocycles. The van der Waals surface area contributed by atoms with Crippen LogP contribution in [0.5, 0.6) is 11.5 Å². The predicted octanol–water partition coefficient (Wildman–Crippen LogP) is 2.73. The first kappa shape index (κ1) is 18.1.